The molecule has 1 fully saturated rings. The van der Waals surface area contributed by atoms with E-state index in [1.807, 2.05) is 11.9 Å². The zero-order valence-electron chi connectivity index (χ0n) is 13.6. The SMILES string of the molecule is CCCC(CCN)CCC(=O)N(C)CC1CCCN1C. The molecule has 2 unspecified atom stereocenters. The summed E-state index contributed by atoms with van der Waals surface area (Å²) in [6.07, 6.45) is 7.58. The summed E-state index contributed by atoms with van der Waals surface area (Å²) in [5.41, 5.74) is 5.65. The van der Waals surface area contributed by atoms with Crippen LogP contribution in [-0.2, 0) is 4.79 Å². The van der Waals surface area contributed by atoms with E-state index in [1.54, 1.807) is 0 Å². The number of likely N-dealkylation sites (N-methyl/N-ethyl adjacent to an activating group) is 2. The van der Waals surface area contributed by atoms with Crippen molar-refractivity contribution in [1.82, 2.24) is 9.80 Å². The number of hydrogen-bond acceptors (Lipinski definition) is 3. The summed E-state index contributed by atoms with van der Waals surface area (Å²) in [5.74, 6) is 0.917. The second kappa shape index (κ2) is 9.35. The molecular weight excluding hydrogens is 250 g/mol. The first kappa shape index (κ1) is 17.4. The van der Waals surface area contributed by atoms with Crippen LogP contribution in [0.4, 0.5) is 0 Å². The molecule has 0 bridgehead atoms. The Morgan fingerprint density at radius 3 is 2.70 bits per heavy atom. The van der Waals surface area contributed by atoms with E-state index in [1.165, 1.54) is 32.2 Å². The monoisotopic (exact) mass is 283 g/mol. The van der Waals surface area contributed by atoms with Gasteiger partial charge in [-0.1, -0.05) is 19.8 Å². The second-order valence-electron chi connectivity index (χ2n) is 6.32. The Morgan fingerprint density at radius 2 is 2.15 bits per heavy atom. The van der Waals surface area contributed by atoms with Gasteiger partial charge in [0.15, 0.2) is 0 Å². The van der Waals surface area contributed by atoms with Crippen LogP contribution in [-0.4, -0.2) is 55.5 Å². The fourth-order valence-corrected chi connectivity index (χ4v) is 3.22. The van der Waals surface area contributed by atoms with Crippen molar-refractivity contribution in [1.29, 1.82) is 0 Å². The maximum absolute atomic E-state index is 12.2. The predicted molar refractivity (Wildman–Crippen MR) is 84.6 cm³/mol. The van der Waals surface area contributed by atoms with Crippen molar-refractivity contribution in [2.75, 3.05) is 33.7 Å². The van der Waals surface area contributed by atoms with Gasteiger partial charge in [-0.3, -0.25) is 4.79 Å². The lowest BCUT2D eigenvalue weighted by atomic mass is 9.94. The maximum atomic E-state index is 12.2. The topological polar surface area (TPSA) is 49.6 Å². The molecule has 0 aromatic heterocycles. The Morgan fingerprint density at radius 1 is 1.40 bits per heavy atom. The van der Waals surface area contributed by atoms with Crippen LogP contribution in [0.1, 0.15) is 51.9 Å². The molecule has 1 aliphatic rings. The van der Waals surface area contributed by atoms with E-state index >= 15 is 0 Å². The van der Waals surface area contributed by atoms with Crippen molar-refractivity contribution in [3.63, 3.8) is 0 Å². The van der Waals surface area contributed by atoms with Crippen molar-refractivity contribution in [2.24, 2.45) is 11.7 Å². The van der Waals surface area contributed by atoms with E-state index < -0.39 is 0 Å². The van der Waals surface area contributed by atoms with Crippen molar-refractivity contribution in [3.05, 3.63) is 0 Å². The molecule has 0 saturated carbocycles. The highest BCUT2D eigenvalue weighted by atomic mass is 16.2. The smallest absolute Gasteiger partial charge is 0.222 e. The predicted octanol–water partition coefficient (Wildman–Crippen LogP) is 2.08. The van der Waals surface area contributed by atoms with Crippen LogP contribution >= 0.6 is 0 Å². The van der Waals surface area contributed by atoms with Crippen molar-refractivity contribution in [3.8, 4) is 0 Å². The molecule has 1 aliphatic heterocycles. The van der Waals surface area contributed by atoms with E-state index in [9.17, 15) is 4.79 Å². The minimum absolute atomic E-state index is 0.295. The number of rotatable bonds is 9. The lowest BCUT2D eigenvalue weighted by molar-refractivity contribution is -0.130. The largest absolute Gasteiger partial charge is 0.344 e. The van der Waals surface area contributed by atoms with Crippen LogP contribution in [0.15, 0.2) is 0 Å². The molecule has 0 spiro atoms. The maximum Gasteiger partial charge on any atom is 0.222 e. The quantitative estimate of drug-likeness (QED) is 0.705. The van der Waals surface area contributed by atoms with Gasteiger partial charge in [0.25, 0.3) is 0 Å². The summed E-state index contributed by atoms with van der Waals surface area (Å²) in [6, 6.07) is 0.555. The molecule has 0 aromatic rings. The van der Waals surface area contributed by atoms with Gasteiger partial charge in [-0.2, -0.15) is 0 Å². The Labute approximate surface area is 124 Å². The third kappa shape index (κ3) is 5.80. The molecule has 1 heterocycles. The number of nitrogens with two attached hydrogens (primary N) is 1. The zero-order chi connectivity index (χ0) is 15.0. The third-order valence-electron chi connectivity index (χ3n) is 4.62. The molecule has 0 radical (unpaired) electrons. The van der Waals surface area contributed by atoms with Crippen molar-refractivity contribution in [2.45, 2.75) is 57.9 Å². The van der Waals surface area contributed by atoms with Crippen LogP contribution < -0.4 is 5.73 Å². The average molecular weight is 283 g/mol. The molecule has 4 heteroatoms. The van der Waals surface area contributed by atoms with E-state index in [0.29, 0.717) is 24.3 Å². The highest BCUT2D eigenvalue weighted by Crippen LogP contribution is 2.19. The second-order valence-corrected chi connectivity index (χ2v) is 6.32. The van der Waals surface area contributed by atoms with Gasteiger partial charge in [-0.15, -0.1) is 0 Å². The van der Waals surface area contributed by atoms with E-state index in [2.05, 4.69) is 18.9 Å². The first-order valence-corrected chi connectivity index (χ1v) is 8.22. The first-order chi connectivity index (χ1) is 9.58. The highest BCUT2D eigenvalue weighted by molar-refractivity contribution is 5.75. The highest BCUT2D eigenvalue weighted by Gasteiger charge is 2.23. The van der Waals surface area contributed by atoms with E-state index in [-0.39, 0.29) is 0 Å². The normalized spacial score (nSPS) is 21.1. The van der Waals surface area contributed by atoms with Gasteiger partial charge in [-0.25, -0.2) is 0 Å². The van der Waals surface area contributed by atoms with Gasteiger partial charge in [-0.05, 0) is 51.7 Å². The molecular formula is C16H33N3O. The standard InChI is InChI=1S/C16H33N3O/c1-4-6-14(10-11-17)8-9-16(20)19(3)13-15-7-5-12-18(15)2/h14-15H,4-13,17H2,1-3H3. The van der Waals surface area contributed by atoms with Crippen LogP contribution in [0.5, 0.6) is 0 Å². The first-order valence-electron chi connectivity index (χ1n) is 8.22. The van der Waals surface area contributed by atoms with Crippen LogP contribution in [0.2, 0.25) is 0 Å². The molecule has 1 rings (SSSR count). The fourth-order valence-electron chi connectivity index (χ4n) is 3.22. The number of hydrogen-bond donors (Lipinski definition) is 1. The molecule has 1 amide bonds. The number of carbonyl (C=O) groups is 1. The van der Waals surface area contributed by atoms with Gasteiger partial charge < -0.3 is 15.5 Å². The molecule has 0 aromatic carbocycles. The molecule has 118 valence electrons. The zero-order valence-corrected chi connectivity index (χ0v) is 13.6. The summed E-state index contributed by atoms with van der Waals surface area (Å²) < 4.78 is 0. The summed E-state index contributed by atoms with van der Waals surface area (Å²) >= 11 is 0. The molecule has 4 nitrogen and oxygen atoms in total. The Kier molecular flexibility index (Phi) is 8.15. The lowest BCUT2D eigenvalue weighted by Gasteiger charge is -2.26. The van der Waals surface area contributed by atoms with E-state index in [0.717, 1.165) is 25.9 Å². The van der Waals surface area contributed by atoms with Crippen LogP contribution in [0.3, 0.4) is 0 Å². The minimum atomic E-state index is 0.295. The summed E-state index contributed by atoms with van der Waals surface area (Å²) in [7, 11) is 4.11. The summed E-state index contributed by atoms with van der Waals surface area (Å²) in [4.78, 5) is 16.5. The van der Waals surface area contributed by atoms with Gasteiger partial charge in [0.05, 0.1) is 0 Å². The number of likely N-dealkylation sites (tertiary alicyclic amines) is 1. The molecule has 2 atom stereocenters. The van der Waals surface area contributed by atoms with Gasteiger partial charge in [0.2, 0.25) is 5.91 Å². The lowest BCUT2D eigenvalue weighted by Crippen LogP contribution is -2.39. The molecule has 1 saturated heterocycles. The van der Waals surface area contributed by atoms with Gasteiger partial charge in [0, 0.05) is 26.1 Å². The van der Waals surface area contributed by atoms with Crippen LogP contribution in [0.25, 0.3) is 0 Å². The number of amides is 1. The fraction of sp³-hybridized carbons (Fsp3) is 0.938. The number of carbonyl (C=O) groups excluding carboxylic acids is 1. The summed E-state index contributed by atoms with van der Waals surface area (Å²) in [5, 5.41) is 0. The molecule has 2 N–H and O–H groups in total. The average Bonchev–Trinajstić information content (AvgIpc) is 2.81. The van der Waals surface area contributed by atoms with Gasteiger partial charge in [0.1, 0.15) is 0 Å². The Balaban J connectivity index is 2.29. The third-order valence-corrected chi connectivity index (χ3v) is 4.62. The van der Waals surface area contributed by atoms with Crippen molar-refractivity contribution >= 4 is 5.91 Å². The van der Waals surface area contributed by atoms with Crippen molar-refractivity contribution < 1.29 is 4.79 Å². The number of nitrogens with zero attached hydrogens (tertiary/aromatic N) is 2. The minimum Gasteiger partial charge on any atom is -0.344 e. The van der Waals surface area contributed by atoms with E-state index in [4.69, 9.17) is 5.73 Å². The summed E-state index contributed by atoms with van der Waals surface area (Å²) in [6.45, 7) is 4.99. The van der Waals surface area contributed by atoms with Gasteiger partial charge >= 0.3 is 0 Å². The van der Waals surface area contributed by atoms with Crippen LogP contribution in [0, 0.1) is 5.92 Å². The molecule has 20 heavy (non-hydrogen) atoms. The Bertz CT molecular complexity index is 277. The molecule has 0 aliphatic carbocycles. The Hall–Kier alpha value is -0.610.